The first-order valence-electron chi connectivity index (χ1n) is 9.28. The van der Waals surface area contributed by atoms with E-state index >= 15 is 0 Å². The lowest BCUT2D eigenvalue weighted by molar-refractivity contribution is 0.312. The second-order valence-corrected chi connectivity index (χ2v) is 9.33. The van der Waals surface area contributed by atoms with Crippen LogP contribution in [0.4, 0.5) is 4.39 Å². The molecular weight excluding hydrogens is 413 g/mol. The van der Waals surface area contributed by atoms with E-state index in [-0.39, 0.29) is 10.8 Å². The zero-order valence-electron chi connectivity index (χ0n) is 15.5. The Hall–Kier alpha value is -2.35. The van der Waals surface area contributed by atoms with Crippen LogP contribution >= 0.6 is 11.6 Å². The molecule has 1 fully saturated rings. The molecule has 0 bridgehead atoms. The molecular formula is C21H19ClFN3O2S. The summed E-state index contributed by atoms with van der Waals surface area (Å²) < 4.78 is 40.7. The van der Waals surface area contributed by atoms with Crippen LogP contribution in [0.5, 0.6) is 0 Å². The van der Waals surface area contributed by atoms with Crippen molar-refractivity contribution in [2.75, 3.05) is 13.1 Å². The van der Waals surface area contributed by atoms with Gasteiger partial charge >= 0.3 is 0 Å². The highest BCUT2D eigenvalue weighted by Crippen LogP contribution is 2.34. The highest BCUT2D eigenvalue weighted by molar-refractivity contribution is 7.89. The van der Waals surface area contributed by atoms with Gasteiger partial charge in [-0.15, -0.1) is 0 Å². The average molecular weight is 432 g/mol. The first-order chi connectivity index (χ1) is 13.9. The van der Waals surface area contributed by atoms with E-state index < -0.39 is 15.8 Å². The predicted octanol–water partition coefficient (Wildman–Crippen LogP) is 4.50. The van der Waals surface area contributed by atoms with E-state index in [4.69, 9.17) is 11.6 Å². The Labute approximate surface area is 174 Å². The largest absolute Gasteiger partial charge is 0.257 e. The van der Waals surface area contributed by atoms with Crippen molar-refractivity contribution in [1.82, 2.24) is 14.3 Å². The summed E-state index contributed by atoms with van der Waals surface area (Å²) in [6, 6.07) is 12.3. The fourth-order valence-electron chi connectivity index (χ4n) is 3.65. The van der Waals surface area contributed by atoms with Gasteiger partial charge in [0, 0.05) is 42.0 Å². The zero-order valence-corrected chi connectivity index (χ0v) is 17.1. The number of benzene rings is 2. The predicted molar refractivity (Wildman–Crippen MR) is 110 cm³/mol. The molecule has 2 heterocycles. The average Bonchev–Trinajstić information content (AvgIpc) is 2.74. The molecule has 2 aromatic carbocycles. The molecule has 0 spiro atoms. The number of hydrogen-bond acceptors (Lipinski definition) is 4. The second kappa shape index (κ2) is 8.18. The smallest absolute Gasteiger partial charge is 0.243 e. The maximum atomic E-state index is 13.2. The lowest BCUT2D eigenvalue weighted by atomic mass is 9.92. The molecule has 5 nitrogen and oxygen atoms in total. The topological polar surface area (TPSA) is 63.2 Å². The van der Waals surface area contributed by atoms with Crippen molar-refractivity contribution in [1.29, 1.82) is 0 Å². The number of nitrogens with zero attached hydrogens (tertiary/aromatic N) is 3. The minimum Gasteiger partial charge on any atom is -0.257 e. The summed E-state index contributed by atoms with van der Waals surface area (Å²) in [4.78, 5) is 9.11. The van der Waals surface area contributed by atoms with Crippen molar-refractivity contribution >= 4 is 21.6 Å². The van der Waals surface area contributed by atoms with Gasteiger partial charge in [-0.3, -0.25) is 9.97 Å². The Kier molecular flexibility index (Phi) is 5.63. The molecule has 1 aliphatic heterocycles. The van der Waals surface area contributed by atoms with Crippen molar-refractivity contribution in [2.45, 2.75) is 23.7 Å². The summed E-state index contributed by atoms with van der Waals surface area (Å²) in [5, 5.41) is 0.600. The summed E-state index contributed by atoms with van der Waals surface area (Å²) in [5.74, 6) is -0.562. The first-order valence-corrected chi connectivity index (χ1v) is 11.1. The SMILES string of the molecule is O=S(=O)(c1ccc(F)cc1)N1CCC[C@H](c2nccnc2-c2cccc(Cl)c2)C1. The number of piperidine rings is 1. The van der Waals surface area contributed by atoms with Crippen LogP contribution in [0, 0.1) is 5.82 Å². The first kappa shape index (κ1) is 19.9. The van der Waals surface area contributed by atoms with Crippen molar-refractivity contribution in [2.24, 2.45) is 0 Å². The van der Waals surface area contributed by atoms with Gasteiger partial charge in [0.15, 0.2) is 0 Å². The minimum atomic E-state index is -3.71. The monoisotopic (exact) mass is 431 g/mol. The van der Waals surface area contributed by atoms with Gasteiger partial charge in [0.25, 0.3) is 0 Å². The number of sulfonamides is 1. The van der Waals surface area contributed by atoms with E-state index in [1.807, 2.05) is 18.2 Å². The molecule has 1 aromatic heterocycles. The Morgan fingerprint density at radius 1 is 1.07 bits per heavy atom. The molecule has 3 aromatic rings. The fourth-order valence-corrected chi connectivity index (χ4v) is 5.36. The third-order valence-electron chi connectivity index (χ3n) is 5.05. The summed E-state index contributed by atoms with van der Waals surface area (Å²) in [5.41, 5.74) is 2.31. The fraction of sp³-hybridized carbons (Fsp3) is 0.238. The van der Waals surface area contributed by atoms with Crippen molar-refractivity contribution < 1.29 is 12.8 Å². The molecule has 1 saturated heterocycles. The lowest BCUT2D eigenvalue weighted by Gasteiger charge is -2.32. The third kappa shape index (κ3) is 4.17. The Balaban J connectivity index is 1.65. The van der Waals surface area contributed by atoms with Gasteiger partial charge in [0.1, 0.15) is 5.82 Å². The third-order valence-corrected chi connectivity index (χ3v) is 7.16. The lowest BCUT2D eigenvalue weighted by Crippen LogP contribution is -2.39. The Morgan fingerprint density at radius 2 is 1.83 bits per heavy atom. The van der Waals surface area contributed by atoms with Crippen molar-refractivity contribution in [3.8, 4) is 11.3 Å². The van der Waals surface area contributed by atoms with Crippen LogP contribution < -0.4 is 0 Å². The molecule has 0 radical (unpaired) electrons. The van der Waals surface area contributed by atoms with Crippen LogP contribution in [0.15, 0.2) is 65.8 Å². The number of halogens is 2. The molecule has 8 heteroatoms. The van der Waals surface area contributed by atoms with Gasteiger partial charge in [-0.2, -0.15) is 4.31 Å². The van der Waals surface area contributed by atoms with Gasteiger partial charge in [-0.1, -0.05) is 23.7 Å². The molecule has 29 heavy (non-hydrogen) atoms. The maximum absolute atomic E-state index is 13.2. The van der Waals surface area contributed by atoms with Gasteiger partial charge in [0.2, 0.25) is 10.0 Å². The Morgan fingerprint density at radius 3 is 2.59 bits per heavy atom. The van der Waals surface area contributed by atoms with E-state index in [0.717, 1.165) is 29.8 Å². The molecule has 150 valence electrons. The maximum Gasteiger partial charge on any atom is 0.243 e. The molecule has 0 amide bonds. The van der Waals surface area contributed by atoms with E-state index in [9.17, 15) is 12.8 Å². The number of aromatic nitrogens is 2. The summed E-state index contributed by atoms with van der Waals surface area (Å²) >= 11 is 6.13. The number of rotatable bonds is 4. The molecule has 0 aliphatic carbocycles. The highest BCUT2D eigenvalue weighted by atomic mass is 35.5. The van der Waals surface area contributed by atoms with Crippen LogP contribution in [0.3, 0.4) is 0 Å². The molecule has 4 rings (SSSR count). The van der Waals surface area contributed by atoms with Crippen molar-refractivity contribution in [3.05, 3.63) is 77.5 Å². The summed E-state index contributed by atoms with van der Waals surface area (Å²) in [6.07, 6.45) is 4.75. The standard InChI is InChI=1S/C21H19ClFN3O2S/c22-17-5-1-3-15(13-17)20-21(25-11-10-24-20)16-4-2-12-26(14-16)29(27,28)19-8-6-18(23)7-9-19/h1,3,5-11,13,16H,2,4,12,14H2/t16-/m0/s1. The van der Waals surface area contributed by atoms with Gasteiger partial charge in [-0.25, -0.2) is 12.8 Å². The molecule has 0 N–H and O–H groups in total. The zero-order chi connectivity index (χ0) is 20.4. The van der Waals surface area contributed by atoms with Crippen LogP contribution in [0.25, 0.3) is 11.3 Å². The number of hydrogen-bond donors (Lipinski definition) is 0. The second-order valence-electron chi connectivity index (χ2n) is 6.96. The van der Waals surface area contributed by atoms with Crippen molar-refractivity contribution in [3.63, 3.8) is 0 Å². The summed E-state index contributed by atoms with van der Waals surface area (Å²) in [6.45, 7) is 0.717. The molecule has 1 aliphatic rings. The molecule has 1 atom stereocenters. The van der Waals surface area contributed by atoms with Crippen LogP contribution in [-0.4, -0.2) is 35.8 Å². The van der Waals surface area contributed by atoms with Gasteiger partial charge < -0.3 is 0 Å². The van der Waals surface area contributed by atoms with Crippen LogP contribution in [0.2, 0.25) is 5.02 Å². The van der Waals surface area contributed by atoms with E-state index in [2.05, 4.69) is 9.97 Å². The van der Waals surface area contributed by atoms with E-state index in [1.165, 1.54) is 16.4 Å². The quantitative estimate of drug-likeness (QED) is 0.610. The van der Waals surface area contributed by atoms with Gasteiger partial charge in [0.05, 0.1) is 16.3 Å². The van der Waals surface area contributed by atoms with Crippen LogP contribution in [-0.2, 0) is 10.0 Å². The summed E-state index contributed by atoms with van der Waals surface area (Å²) in [7, 11) is -3.71. The van der Waals surface area contributed by atoms with E-state index in [0.29, 0.717) is 30.2 Å². The van der Waals surface area contributed by atoms with Crippen LogP contribution in [0.1, 0.15) is 24.5 Å². The Bertz CT molecular complexity index is 1120. The minimum absolute atomic E-state index is 0.0914. The van der Waals surface area contributed by atoms with Gasteiger partial charge in [-0.05, 0) is 49.2 Å². The molecule has 0 unspecified atom stereocenters. The van der Waals surface area contributed by atoms with E-state index in [1.54, 1.807) is 18.5 Å². The normalized spacial score (nSPS) is 17.9. The highest BCUT2D eigenvalue weighted by Gasteiger charge is 2.32. The molecule has 0 saturated carbocycles.